The average Bonchev–Trinajstić information content (AvgIpc) is 2.48. The molecule has 0 saturated heterocycles. The van der Waals surface area contributed by atoms with Crippen LogP contribution in [0, 0.1) is 0 Å². The Balaban J connectivity index is 2.83. The highest BCUT2D eigenvalue weighted by Gasteiger charge is 2.36. The van der Waals surface area contributed by atoms with Crippen molar-refractivity contribution >= 4 is 5.91 Å². The van der Waals surface area contributed by atoms with E-state index in [0.717, 1.165) is 0 Å². The summed E-state index contributed by atoms with van der Waals surface area (Å²) in [5.41, 5.74) is -2.18. The molecule has 0 unspecified atom stereocenters. The number of aromatic nitrogens is 2. The summed E-state index contributed by atoms with van der Waals surface area (Å²) in [5, 5.41) is 12.5. The fraction of sp³-hybridized carbons (Fsp3) is 0.600. The molecule has 1 aromatic rings. The van der Waals surface area contributed by atoms with Crippen molar-refractivity contribution in [2.45, 2.75) is 38.8 Å². The van der Waals surface area contributed by atoms with Crippen LogP contribution in [-0.4, -0.2) is 32.1 Å². The molecular formula is C10H17N3O3. The molecule has 0 aromatic carbocycles. The number of imidazole rings is 1. The van der Waals surface area contributed by atoms with Crippen LogP contribution in [-0.2, 0) is 0 Å². The molecule has 0 radical (unpaired) electrons. The predicted octanol–water partition coefficient (Wildman–Crippen LogP) is -0.0177. The summed E-state index contributed by atoms with van der Waals surface area (Å²) in [4.78, 5) is 27.2. The van der Waals surface area contributed by atoms with Gasteiger partial charge in [0.15, 0.2) is 0 Å². The highest BCUT2D eigenvalue weighted by atomic mass is 16.3. The second kappa shape index (κ2) is 3.79. The van der Waals surface area contributed by atoms with Gasteiger partial charge in [0, 0.05) is 6.20 Å². The second-order valence-electron chi connectivity index (χ2n) is 4.79. The standard InChI is InChI=1S/C10H17N3O3/c1-9(2,10(3,4)16)13-7(14)6-5-11-8(15)12-6/h5,16H,1-4H3,(H,13,14)(H2,11,12,15). The molecule has 0 bridgehead atoms. The predicted molar refractivity (Wildman–Crippen MR) is 59.3 cm³/mol. The summed E-state index contributed by atoms with van der Waals surface area (Å²) in [5.74, 6) is -0.439. The Bertz CT molecular complexity index is 437. The molecule has 1 rings (SSSR count). The van der Waals surface area contributed by atoms with Gasteiger partial charge in [-0.05, 0) is 27.7 Å². The van der Waals surface area contributed by atoms with E-state index in [1.54, 1.807) is 27.7 Å². The molecule has 0 aliphatic carbocycles. The first-order chi connectivity index (χ1) is 7.13. The molecule has 16 heavy (non-hydrogen) atoms. The largest absolute Gasteiger partial charge is 0.388 e. The smallest absolute Gasteiger partial charge is 0.323 e. The third-order valence-corrected chi connectivity index (χ3v) is 2.80. The van der Waals surface area contributed by atoms with Crippen molar-refractivity contribution in [3.05, 3.63) is 22.4 Å². The molecular weight excluding hydrogens is 210 g/mol. The van der Waals surface area contributed by atoms with E-state index in [4.69, 9.17) is 0 Å². The first-order valence-electron chi connectivity index (χ1n) is 4.96. The molecule has 0 atom stereocenters. The molecule has 0 aliphatic heterocycles. The molecule has 90 valence electrons. The summed E-state index contributed by atoms with van der Waals surface area (Å²) in [6, 6.07) is 0. The lowest BCUT2D eigenvalue weighted by Gasteiger charge is -2.37. The van der Waals surface area contributed by atoms with Crippen LogP contribution in [0.5, 0.6) is 0 Å². The summed E-state index contributed by atoms with van der Waals surface area (Å²) in [7, 11) is 0. The van der Waals surface area contributed by atoms with Gasteiger partial charge >= 0.3 is 5.69 Å². The minimum absolute atomic E-state index is 0.141. The van der Waals surface area contributed by atoms with Gasteiger partial charge in [-0.3, -0.25) is 4.79 Å². The molecule has 4 N–H and O–H groups in total. The minimum Gasteiger partial charge on any atom is -0.388 e. The lowest BCUT2D eigenvalue weighted by molar-refractivity contribution is -0.00301. The first-order valence-corrected chi connectivity index (χ1v) is 4.96. The third-order valence-electron chi connectivity index (χ3n) is 2.80. The van der Waals surface area contributed by atoms with Crippen LogP contribution >= 0.6 is 0 Å². The fourth-order valence-corrected chi connectivity index (χ4v) is 0.959. The zero-order valence-electron chi connectivity index (χ0n) is 9.84. The van der Waals surface area contributed by atoms with E-state index in [2.05, 4.69) is 15.3 Å². The van der Waals surface area contributed by atoms with Gasteiger partial charge in [-0.25, -0.2) is 4.79 Å². The molecule has 0 spiro atoms. The van der Waals surface area contributed by atoms with E-state index in [1.807, 2.05) is 0 Å². The van der Waals surface area contributed by atoms with E-state index in [9.17, 15) is 14.7 Å². The van der Waals surface area contributed by atoms with Crippen molar-refractivity contribution < 1.29 is 9.90 Å². The van der Waals surface area contributed by atoms with Crippen LogP contribution in [0.15, 0.2) is 11.0 Å². The maximum Gasteiger partial charge on any atom is 0.323 e. The zero-order chi connectivity index (χ0) is 12.6. The van der Waals surface area contributed by atoms with Gasteiger partial charge in [0.2, 0.25) is 0 Å². The molecule has 1 heterocycles. The lowest BCUT2D eigenvalue weighted by atomic mass is 9.86. The number of carbonyl (C=O) groups excluding carboxylic acids is 1. The number of amides is 1. The maximum atomic E-state index is 11.7. The van der Waals surface area contributed by atoms with Gasteiger partial charge in [0.05, 0.1) is 11.1 Å². The van der Waals surface area contributed by atoms with E-state index in [0.29, 0.717) is 0 Å². The van der Waals surface area contributed by atoms with Gasteiger partial charge < -0.3 is 20.4 Å². The van der Waals surface area contributed by atoms with Crippen LogP contribution in [0.3, 0.4) is 0 Å². The normalized spacial score (nSPS) is 12.6. The Morgan fingerprint density at radius 1 is 1.38 bits per heavy atom. The van der Waals surface area contributed by atoms with Crippen LogP contribution in [0.2, 0.25) is 0 Å². The van der Waals surface area contributed by atoms with E-state index in [-0.39, 0.29) is 5.69 Å². The Morgan fingerprint density at radius 2 is 1.94 bits per heavy atom. The molecule has 1 amide bonds. The molecule has 0 aliphatic rings. The van der Waals surface area contributed by atoms with E-state index < -0.39 is 22.7 Å². The maximum absolute atomic E-state index is 11.7. The molecule has 6 heteroatoms. The summed E-state index contributed by atoms with van der Waals surface area (Å²) >= 11 is 0. The Labute approximate surface area is 93.1 Å². The molecule has 0 fully saturated rings. The van der Waals surface area contributed by atoms with Crippen LogP contribution in [0.25, 0.3) is 0 Å². The third kappa shape index (κ3) is 2.52. The van der Waals surface area contributed by atoms with Gasteiger partial charge in [0.25, 0.3) is 5.91 Å². The van der Waals surface area contributed by atoms with Crippen molar-refractivity contribution in [1.29, 1.82) is 0 Å². The van der Waals surface area contributed by atoms with E-state index in [1.165, 1.54) is 6.20 Å². The SMILES string of the molecule is CC(C)(O)C(C)(C)NC(=O)c1c[nH]c(=O)[nH]1. The number of rotatable bonds is 3. The van der Waals surface area contributed by atoms with Crippen molar-refractivity contribution in [2.24, 2.45) is 0 Å². The van der Waals surface area contributed by atoms with Crippen molar-refractivity contribution in [2.75, 3.05) is 0 Å². The Kier molecular flexibility index (Phi) is 2.96. The number of H-pyrrole nitrogens is 2. The highest BCUT2D eigenvalue weighted by Crippen LogP contribution is 2.20. The quantitative estimate of drug-likeness (QED) is 0.584. The van der Waals surface area contributed by atoms with E-state index >= 15 is 0 Å². The minimum atomic E-state index is -1.07. The number of nitrogens with one attached hydrogen (secondary N) is 3. The number of carbonyl (C=O) groups is 1. The van der Waals surface area contributed by atoms with Gasteiger partial charge in [-0.2, -0.15) is 0 Å². The number of hydrogen-bond acceptors (Lipinski definition) is 3. The molecule has 0 saturated carbocycles. The zero-order valence-corrected chi connectivity index (χ0v) is 9.84. The van der Waals surface area contributed by atoms with Crippen molar-refractivity contribution in [1.82, 2.24) is 15.3 Å². The average molecular weight is 227 g/mol. The molecule has 6 nitrogen and oxygen atoms in total. The summed E-state index contributed by atoms with van der Waals surface area (Å²) < 4.78 is 0. The number of hydrogen-bond donors (Lipinski definition) is 4. The highest BCUT2D eigenvalue weighted by molar-refractivity contribution is 5.92. The topological polar surface area (TPSA) is 98.0 Å². The van der Waals surface area contributed by atoms with Crippen molar-refractivity contribution in [3.8, 4) is 0 Å². The fourth-order valence-electron chi connectivity index (χ4n) is 0.959. The Morgan fingerprint density at radius 3 is 2.31 bits per heavy atom. The second-order valence-corrected chi connectivity index (χ2v) is 4.79. The summed E-state index contributed by atoms with van der Waals surface area (Å²) in [6.07, 6.45) is 1.29. The van der Waals surface area contributed by atoms with Crippen LogP contribution in [0.1, 0.15) is 38.2 Å². The van der Waals surface area contributed by atoms with Crippen LogP contribution in [0.4, 0.5) is 0 Å². The number of aromatic amines is 2. The van der Waals surface area contributed by atoms with Crippen molar-refractivity contribution in [3.63, 3.8) is 0 Å². The lowest BCUT2D eigenvalue weighted by Crippen LogP contribution is -2.57. The van der Waals surface area contributed by atoms with Gasteiger partial charge in [-0.1, -0.05) is 0 Å². The van der Waals surface area contributed by atoms with Gasteiger partial charge in [-0.15, -0.1) is 0 Å². The van der Waals surface area contributed by atoms with Gasteiger partial charge in [0.1, 0.15) is 5.69 Å². The number of aliphatic hydroxyl groups is 1. The molecule has 1 aromatic heterocycles. The Hall–Kier alpha value is -1.56. The van der Waals surface area contributed by atoms with Crippen LogP contribution < -0.4 is 11.0 Å². The first kappa shape index (κ1) is 12.5. The monoisotopic (exact) mass is 227 g/mol. The summed E-state index contributed by atoms with van der Waals surface area (Å²) in [6.45, 7) is 6.62.